The van der Waals surface area contributed by atoms with Crippen molar-refractivity contribution in [3.8, 4) is 0 Å². The molecule has 3 fully saturated rings. The number of amides is 3. The summed E-state index contributed by atoms with van der Waals surface area (Å²) < 4.78 is 12.6. The Kier molecular flexibility index (Phi) is 8.32. The molecule has 5 heterocycles. The molecule has 0 radical (unpaired) electrons. The molecule has 3 aliphatic rings. The number of imidazole rings is 1. The van der Waals surface area contributed by atoms with Crippen LogP contribution in [-0.2, 0) is 25.5 Å². The van der Waals surface area contributed by atoms with Crippen molar-refractivity contribution < 1.29 is 34.1 Å². The number of rotatable bonds is 8. The Bertz CT molecular complexity index is 1250. The molecular formula is C25H36N8O7. The van der Waals surface area contributed by atoms with Crippen molar-refractivity contribution in [3.63, 3.8) is 0 Å². The number of aryl methyl sites for hydroxylation is 1. The van der Waals surface area contributed by atoms with Gasteiger partial charge in [-0.05, 0) is 38.5 Å². The number of anilines is 1. The molecule has 2 aromatic rings. The minimum absolute atomic E-state index is 0.00967. The van der Waals surface area contributed by atoms with Crippen LogP contribution in [0.3, 0.4) is 0 Å². The van der Waals surface area contributed by atoms with E-state index in [4.69, 9.17) is 15.2 Å². The molecular weight excluding hydrogens is 524 g/mol. The number of nitrogen functional groups attached to an aromatic ring is 1. The molecule has 0 aliphatic carbocycles. The SMILES string of the molecule is CCNC(=O)[C@H]1O[C@@H](n2cnc3c(N)nc(CCC4CCN(C(=O)OCC5CCC(=O)N5)CC4)nc32)C(O)C1O. The average molecular weight is 561 g/mol. The van der Waals surface area contributed by atoms with Crippen LogP contribution in [0.25, 0.3) is 11.2 Å². The molecule has 5 rings (SSSR count). The number of hydrogen-bond donors (Lipinski definition) is 5. The van der Waals surface area contributed by atoms with E-state index in [-0.39, 0.29) is 30.5 Å². The number of ether oxygens (including phenoxy) is 2. The van der Waals surface area contributed by atoms with Gasteiger partial charge in [0.25, 0.3) is 5.91 Å². The summed E-state index contributed by atoms with van der Waals surface area (Å²) in [5.41, 5.74) is 6.83. The second-order valence-corrected chi connectivity index (χ2v) is 10.5. The highest BCUT2D eigenvalue weighted by atomic mass is 16.6. The lowest BCUT2D eigenvalue weighted by molar-refractivity contribution is -0.137. The third-order valence-electron chi connectivity index (χ3n) is 7.76. The molecule has 3 unspecified atom stereocenters. The van der Waals surface area contributed by atoms with Crippen LogP contribution < -0.4 is 16.4 Å². The van der Waals surface area contributed by atoms with Gasteiger partial charge >= 0.3 is 6.09 Å². The molecule has 5 atom stereocenters. The highest BCUT2D eigenvalue weighted by molar-refractivity contribution is 5.83. The zero-order valence-corrected chi connectivity index (χ0v) is 22.4. The molecule has 218 valence electrons. The average Bonchev–Trinajstić information content (AvgIpc) is 3.64. The van der Waals surface area contributed by atoms with E-state index in [2.05, 4.69) is 25.6 Å². The van der Waals surface area contributed by atoms with Crippen molar-refractivity contribution in [1.29, 1.82) is 0 Å². The van der Waals surface area contributed by atoms with Gasteiger partial charge in [0.05, 0.1) is 12.4 Å². The van der Waals surface area contributed by atoms with E-state index in [9.17, 15) is 24.6 Å². The number of aromatic nitrogens is 4. The van der Waals surface area contributed by atoms with E-state index >= 15 is 0 Å². The number of aliphatic hydroxyl groups is 2. The van der Waals surface area contributed by atoms with Gasteiger partial charge in [-0.1, -0.05) is 0 Å². The maximum atomic E-state index is 12.4. The quantitative estimate of drug-likeness (QED) is 0.271. The fourth-order valence-corrected chi connectivity index (χ4v) is 5.47. The summed E-state index contributed by atoms with van der Waals surface area (Å²) in [5, 5.41) is 26.4. The normalized spacial score (nSPS) is 27.2. The summed E-state index contributed by atoms with van der Waals surface area (Å²) in [5.74, 6) is 0.516. The Balaban J connectivity index is 1.17. The second kappa shape index (κ2) is 11.9. The number of nitrogens with two attached hydrogens (primary N) is 1. The van der Waals surface area contributed by atoms with Crippen LogP contribution in [-0.4, -0.2) is 103 Å². The first kappa shape index (κ1) is 28.0. The Morgan fingerprint density at radius 3 is 2.70 bits per heavy atom. The van der Waals surface area contributed by atoms with Gasteiger partial charge in [0, 0.05) is 32.5 Å². The fourth-order valence-electron chi connectivity index (χ4n) is 5.47. The van der Waals surface area contributed by atoms with Crippen LogP contribution in [0.15, 0.2) is 6.33 Å². The summed E-state index contributed by atoms with van der Waals surface area (Å²) in [6, 6.07) is -0.106. The summed E-state index contributed by atoms with van der Waals surface area (Å²) in [6.07, 6.45) is 0.0374. The maximum absolute atomic E-state index is 12.4. The van der Waals surface area contributed by atoms with Crippen molar-refractivity contribution >= 4 is 34.9 Å². The third-order valence-corrected chi connectivity index (χ3v) is 7.76. The van der Waals surface area contributed by atoms with Crippen LogP contribution in [0.1, 0.15) is 51.1 Å². The monoisotopic (exact) mass is 560 g/mol. The zero-order valence-electron chi connectivity index (χ0n) is 22.4. The van der Waals surface area contributed by atoms with Crippen molar-refractivity contribution in [2.24, 2.45) is 5.92 Å². The first-order valence-electron chi connectivity index (χ1n) is 13.7. The van der Waals surface area contributed by atoms with E-state index in [1.54, 1.807) is 11.8 Å². The number of likely N-dealkylation sites (tertiary alicyclic amines) is 1. The van der Waals surface area contributed by atoms with Crippen LogP contribution in [0.2, 0.25) is 0 Å². The first-order valence-corrected chi connectivity index (χ1v) is 13.7. The van der Waals surface area contributed by atoms with Gasteiger partial charge in [0.1, 0.15) is 30.2 Å². The number of likely N-dealkylation sites (N-methyl/N-ethyl adjacent to an activating group) is 1. The number of fused-ring (bicyclic) bond motifs is 1. The molecule has 0 aromatic carbocycles. The second-order valence-electron chi connectivity index (χ2n) is 10.5. The number of nitrogens with zero attached hydrogens (tertiary/aromatic N) is 5. The van der Waals surface area contributed by atoms with Crippen molar-refractivity contribution in [2.45, 2.75) is 76.0 Å². The highest BCUT2D eigenvalue weighted by Gasteiger charge is 2.47. The van der Waals surface area contributed by atoms with Crippen LogP contribution in [0.5, 0.6) is 0 Å². The minimum Gasteiger partial charge on any atom is -0.447 e. The first-order chi connectivity index (χ1) is 19.2. The molecule has 40 heavy (non-hydrogen) atoms. The molecule has 15 nitrogen and oxygen atoms in total. The molecule has 15 heteroatoms. The molecule has 3 saturated heterocycles. The predicted molar refractivity (Wildman–Crippen MR) is 139 cm³/mol. The van der Waals surface area contributed by atoms with Gasteiger partial charge in [-0.2, -0.15) is 0 Å². The van der Waals surface area contributed by atoms with Crippen LogP contribution in [0, 0.1) is 5.92 Å². The van der Waals surface area contributed by atoms with Gasteiger partial charge in [0.15, 0.2) is 23.8 Å². The maximum Gasteiger partial charge on any atom is 0.409 e. The smallest absolute Gasteiger partial charge is 0.409 e. The molecule has 3 amide bonds. The summed E-state index contributed by atoms with van der Waals surface area (Å²) in [6.45, 7) is 3.47. The van der Waals surface area contributed by atoms with E-state index in [0.717, 1.165) is 19.3 Å². The van der Waals surface area contributed by atoms with Gasteiger partial charge in [0.2, 0.25) is 5.91 Å². The van der Waals surface area contributed by atoms with E-state index < -0.39 is 30.4 Å². The van der Waals surface area contributed by atoms with Gasteiger partial charge in [-0.3, -0.25) is 14.2 Å². The lowest BCUT2D eigenvalue weighted by Crippen LogP contribution is -2.42. The van der Waals surface area contributed by atoms with E-state index in [0.29, 0.717) is 61.8 Å². The zero-order chi connectivity index (χ0) is 28.4. The third kappa shape index (κ3) is 5.81. The Hall–Kier alpha value is -3.56. The minimum atomic E-state index is -1.42. The Labute approximate surface area is 230 Å². The predicted octanol–water partition coefficient (Wildman–Crippen LogP) is -0.776. The number of carbonyl (C=O) groups is 3. The number of nitrogens with one attached hydrogen (secondary N) is 2. The summed E-state index contributed by atoms with van der Waals surface area (Å²) >= 11 is 0. The lowest BCUT2D eigenvalue weighted by atomic mass is 9.92. The molecule has 2 aromatic heterocycles. The Morgan fingerprint density at radius 2 is 2.00 bits per heavy atom. The number of aliphatic hydroxyl groups excluding tert-OH is 2. The van der Waals surface area contributed by atoms with Gasteiger partial charge < -0.3 is 41.0 Å². The summed E-state index contributed by atoms with van der Waals surface area (Å²) in [4.78, 5) is 51.0. The van der Waals surface area contributed by atoms with Gasteiger partial charge in [-0.15, -0.1) is 0 Å². The lowest BCUT2D eigenvalue weighted by Gasteiger charge is -2.31. The van der Waals surface area contributed by atoms with E-state index in [1.807, 2.05) is 0 Å². The number of piperidine rings is 1. The molecule has 3 aliphatic heterocycles. The van der Waals surface area contributed by atoms with Crippen molar-refractivity contribution in [2.75, 3.05) is 32.0 Å². The molecule has 6 N–H and O–H groups in total. The molecule has 0 saturated carbocycles. The molecule has 0 bridgehead atoms. The van der Waals surface area contributed by atoms with Crippen LogP contribution in [0.4, 0.5) is 10.6 Å². The topological polar surface area (TPSA) is 207 Å². The molecule has 0 spiro atoms. The van der Waals surface area contributed by atoms with Crippen molar-refractivity contribution in [3.05, 3.63) is 12.2 Å². The fraction of sp³-hybridized carbons (Fsp3) is 0.680. The van der Waals surface area contributed by atoms with Crippen LogP contribution >= 0.6 is 0 Å². The Morgan fingerprint density at radius 1 is 1.23 bits per heavy atom. The highest BCUT2D eigenvalue weighted by Crippen LogP contribution is 2.32. The van der Waals surface area contributed by atoms with E-state index in [1.165, 1.54) is 10.9 Å². The summed E-state index contributed by atoms with van der Waals surface area (Å²) in [7, 11) is 0. The van der Waals surface area contributed by atoms with Crippen molar-refractivity contribution in [1.82, 2.24) is 35.1 Å². The largest absolute Gasteiger partial charge is 0.447 e. The number of carbonyl (C=O) groups excluding carboxylic acids is 3. The number of hydrogen-bond acceptors (Lipinski definition) is 11. The standard InChI is InChI=1S/C25H36N8O7/c1-2-27-23(37)20-18(35)19(36)24(40-20)33-12-28-17-21(26)30-15(31-22(17)33)5-3-13-7-9-32(10-8-13)25(38)39-11-14-4-6-16(34)29-14/h12-14,18-20,24,35-36H,2-11H2,1H3,(H,27,37)(H,29,34)(H2,26,30,31)/t14?,18?,19?,20-,24+/m0/s1. The van der Waals surface area contributed by atoms with Gasteiger partial charge in [-0.25, -0.2) is 19.7 Å².